The Bertz CT molecular complexity index is 43.9. The molecule has 0 aliphatic carbocycles. The van der Waals surface area contributed by atoms with E-state index in [0.29, 0.717) is 0 Å². The van der Waals surface area contributed by atoms with Crippen LogP contribution in [0.15, 0.2) is 0 Å². The molecule has 0 radical (unpaired) electrons. The topological polar surface area (TPSA) is 3.24 Å². The van der Waals surface area contributed by atoms with Crippen molar-refractivity contribution in [3.63, 3.8) is 0 Å². The molecule has 0 rings (SSSR count). The molecule has 54 valence electrons. The first kappa shape index (κ1) is 16.6. The molecular weight excluding hydrogens is 172 g/mol. The van der Waals surface area contributed by atoms with Gasteiger partial charge in [0.25, 0.3) is 0 Å². The standard InChI is InChI=1S/C5H12N.Al.2ClH/c1-4-5-6(2)3;;;/h1,4-5H2,2-3H3;;2*1H/q;+2;;/p-2. The van der Waals surface area contributed by atoms with Gasteiger partial charge in [-0.2, -0.15) is 0 Å². The van der Waals surface area contributed by atoms with Gasteiger partial charge in [-0.15, -0.1) is 0 Å². The van der Waals surface area contributed by atoms with Crippen LogP contribution >= 0.6 is 0 Å². The van der Waals surface area contributed by atoms with Gasteiger partial charge in [0.2, 0.25) is 0 Å². The Kier molecular flexibility index (Phi) is 21.8. The second kappa shape index (κ2) is 11.8. The monoisotopic (exact) mass is 183 g/mol. The zero-order valence-electron chi connectivity index (χ0n) is 5.90. The number of halogens is 2. The summed E-state index contributed by atoms with van der Waals surface area (Å²) in [5.74, 6) is 0. The van der Waals surface area contributed by atoms with Gasteiger partial charge in [0.15, 0.2) is 0 Å². The fraction of sp³-hybridized carbons (Fsp3) is 1.00. The van der Waals surface area contributed by atoms with Crippen LogP contribution in [0.2, 0.25) is 5.28 Å². The van der Waals surface area contributed by atoms with Crippen molar-refractivity contribution in [1.82, 2.24) is 4.90 Å². The molecule has 0 bridgehead atoms. The van der Waals surface area contributed by atoms with Crippen LogP contribution in [-0.4, -0.2) is 41.8 Å². The van der Waals surface area contributed by atoms with Gasteiger partial charge in [-0.25, -0.2) is 0 Å². The Morgan fingerprint density at radius 1 is 1.22 bits per heavy atom. The molecule has 0 amide bonds. The number of rotatable bonds is 3. The molecule has 0 saturated carbocycles. The predicted molar refractivity (Wildman–Crippen MR) is 33.7 cm³/mol. The van der Waals surface area contributed by atoms with Crippen LogP contribution in [0.3, 0.4) is 0 Å². The summed E-state index contributed by atoms with van der Waals surface area (Å²) in [7, 11) is 4.20. The summed E-state index contributed by atoms with van der Waals surface area (Å²) in [4.78, 5) is 2.20. The van der Waals surface area contributed by atoms with Gasteiger partial charge in [0.1, 0.15) is 0 Å². The van der Waals surface area contributed by atoms with E-state index in [2.05, 4.69) is 35.3 Å². The minimum Gasteiger partial charge on any atom is -1.00 e. The number of hydrogen-bond donors (Lipinski definition) is 0. The van der Waals surface area contributed by atoms with E-state index in [-0.39, 0.29) is 24.8 Å². The van der Waals surface area contributed by atoms with Crippen molar-refractivity contribution >= 4 is 16.3 Å². The molecule has 0 heterocycles. The second-order valence-corrected chi connectivity index (χ2v) is 2.52. The maximum absolute atomic E-state index is 2.72. The molecule has 0 aromatic rings. The van der Waals surface area contributed by atoms with Crippen molar-refractivity contribution < 1.29 is 24.8 Å². The van der Waals surface area contributed by atoms with Crippen molar-refractivity contribution in [1.29, 1.82) is 0 Å². The van der Waals surface area contributed by atoms with Crippen LogP contribution in [0.4, 0.5) is 0 Å². The Morgan fingerprint density at radius 3 is 1.78 bits per heavy atom. The summed E-state index contributed by atoms with van der Waals surface area (Å²) in [6, 6.07) is 0. The van der Waals surface area contributed by atoms with Crippen LogP contribution in [0.1, 0.15) is 6.42 Å². The molecule has 0 saturated heterocycles. The molecule has 0 aromatic carbocycles. The summed E-state index contributed by atoms with van der Waals surface area (Å²) in [6.07, 6.45) is 1.29. The number of hydrogen-bond acceptors (Lipinski definition) is 1. The van der Waals surface area contributed by atoms with Crippen LogP contribution in [0, 0.1) is 0 Å². The van der Waals surface area contributed by atoms with Gasteiger partial charge in [-0.05, 0) is 0 Å². The first-order valence-electron chi connectivity index (χ1n) is 2.62. The third-order valence-electron chi connectivity index (χ3n) is 0.809. The molecule has 0 aromatic heterocycles. The Morgan fingerprint density at radius 2 is 1.67 bits per heavy atom. The third-order valence-corrected chi connectivity index (χ3v) is 1.22. The average Bonchev–Trinajstić information content (AvgIpc) is 1.61. The quantitative estimate of drug-likeness (QED) is 0.395. The van der Waals surface area contributed by atoms with E-state index in [1.54, 1.807) is 0 Å². The van der Waals surface area contributed by atoms with Gasteiger partial charge < -0.3 is 24.8 Å². The SMILES string of the molecule is CN(C)CC[CH2][Al+2].[Cl-].[Cl-]. The summed E-state index contributed by atoms with van der Waals surface area (Å²) in [6.45, 7) is 1.21. The molecule has 0 N–H and O–H groups in total. The van der Waals surface area contributed by atoms with Crippen molar-refractivity contribution in [3.05, 3.63) is 0 Å². The van der Waals surface area contributed by atoms with Crippen molar-refractivity contribution in [2.45, 2.75) is 11.7 Å². The molecule has 0 aliphatic heterocycles. The van der Waals surface area contributed by atoms with E-state index < -0.39 is 0 Å². The third kappa shape index (κ3) is 17.6. The molecule has 4 heteroatoms. The summed E-state index contributed by atoms with van der Waals surface area (Å²) < 4.78 is 0. The molecule has 1 nitrogen and oxygen atoms in total. The molecule has 0 unspecified atom stereocenters. The Labute approximate surface area is 78.4 Å². The van der Waals surface area contributed by atoms with Crippen molar-refractivity contribution in [2.75, 3.05) is 20.6 Å². The Balaban J connectivity index is -0.000000180. The maximum atomic E-state index is 2.72. The fourth-order valence-electron chi connectivity index (χ4n) is 0.408. The van der Waals surface area contributed by atoms with Gasteiger partial charge in [-0.1, -0.05) is 0 Å². The van der Waals surface area contributed by atoms with Crippen LogP contribution in [0.5, 0.6) is 0 Å². The van der Waals surface area contributed by atoms with E-state index in [0.717, 1.165) is 0 Å². The predicted octanol–water partition coefficient (Wildman–Crippen LogP) is -5.47. The van der Waals surface area contributed by atoms with Crippen LogP contribution in [0.25, 0.3) is 0 Å². The largest absolute Gasteiger partial charge is 1.00 e. The molecule has 0 spiro atoms. The van der Waals surface area contributed by atoms with Gasteiger partial charge >= 0.3 is 53.5 Å². The van der Waals surface area contributed by atoms with Gasteiger partial charge in [-0.3, -0.25) is 0 Å². The van der Waals surface area contributed by atoms with E-state index in [1.807, 2.05) is 0 Å². The molecular formula is C5H12AlCl2N. The van der Waals surface area contributed by atoms with E-state index in [9.17, 15) is 0 Å². The minimum atomic E-state index is 0. The zero-order chi connectivity index (χ0) is 5.70. The molecule has 0 atom stereocenters. The summed E-state index contributed by atoms with van der Waals surface area (Å²) in [5.41, 5.74) is 0. The normalized spacial score (nSPS) is 8.11. The van der Waals surface area contributed by atoms with E-state index in [1.165, 1.54) is 18.2 Å². The number of nitrogens with zero attached hydrogens (tertiary/aromatic N) is 1. The maximum Gasteiger partial charge on any atom is -1.00 e. The summed E-state index contributed by atoms with van der Waals surface area (Å²) >= 11 is 2.72. The van der Waals surface area contributed by atoms with Crippen molar-refractivity contribution in [2.24, 2.45) is 0 Å². The second-order valence-electron chi connectivity index (χ2n) is 1.95. The first-order chi connectivity index (χ1) is 3.27. The smallest absolute Gasteiger partial charge is 1.00 e. The molecule has 0 fully saturated rings. The minimum absolute atomic E-state index is 0. The fourth-order valence-corrected chi connectivity index (χ4v) is 0.590. The van der Waals surface area contributed by atoms with Crippen LogP contribution < -0.4 is 24.8 Å². The van der Waals surface area contributed by atoms with E-state index >= 15 is 0 Å². The van der Waals surface area contributed by atoms with Gasteiger partial charge in [0.05, 0.1) is 0 Å². The van der Waals surface area contributed by atoms with E-state index in [4.69, 9.17) is 0 Å². The van der Waals surface area contributed by atoms with Crippen LogP contribution in [-0.2, 0) is 0 Å². The van der Waals surface area contributed by atoms with Crippen molar-refractivity contribution in [3.8, 4) is 0 Å². The van der Waals surface area contributed by atoms with Gasteiger partial charge in [0, 0.05) is 0 Å². The zero-order valence-corrected chi connectivity index (χ0v) is 8.57. The summed E-state index contributed by atoms with van der Waals surface area (Å²) in [5, 5.41) is 1.22. The molecule has 9 heavy (non-hydrogen) atoms. The Hall–Kier alpha value is 1.07. The average molecular weight is 184 g/mol. The molecule has 0 aliphatic rings. The first-order valence-corrected chi connectivity index (χ1v) is 3.44.